The second-order valence-electron chi connectivity index (χ2n) is 4.26. The first-order chi connectivity index (χ1) is 9.09. The van der Waals surface area contributed by atoms with E-state index in [0.717, 1.165) is 0 Å². The maximum Gasteiger partial charge on any atom is 0.139 e. The van der Waals surface area contributed by atoms with E-state index < -0.39 is 5.60 Å². The normalized spacial score (nSPS) is 14.1. The largest absolute Gasteiger partial charge is 0.381 e. The summed E-state index contributed by atoms with van der Waals surface area (Å²) in [5.41, 5.74) is -0.0754. The van der Waals surface area contributed by atoms with Gasteiger partial charge < -0.3 is 9.84 Å². The molecule has 1 unspecified atom stereocenters. The Morgan fingerprint density at radius 1 is 1.05 bits per heavy atom. The summed E-state index contributed by atoms with van der Waals surface area (Å²) in [4.78, 5) is 0. The smallest absolute Gasteiger partial charge is 0.139 e. The van der Waals surface area contributed by atoms with Gasteiger partial charge in [0.15, 0.2) is 0 Å². The zero-order valence-electron chi connectivity index (χ0n) is 10.4. The van der Waals surface area contributed by atoms with Crippen LogP contribution in [-0.4, -0.2) is 18.8 Å². The molecule has 0 aliphatic heterocycles. The standard InChI is InChI=1S/C15H14Cl2O2/c1-19-10-15(18,11-6-3-2-4-7-11)12-8-5-9-13(16)14(12)17/h2-9,18H,10H2,1H3. The molecular formula is C15H14Cl2O2. The van der Waals surface area contributed by atoms with Gasteiger partial charge >= 0.3 is 0 Å². The molecule has 2 aromatic rings. The van der Waals surface area contributed by atoms with Crippen LogP contribution in [0.25, 0.3) is 0 Å². The van der Waals surface area contributed by atoms with Crippen LogP contribution in [0.15, 0.2) is 48.5 Å². The highest BCUT2D eigenvalue weighted by molar-refractivity contribution is 6.42. The third kappa shape index (κ3) is 2.77. The zero-order valence-corrected chi connectivity index (χ0v) is 11.9. The van der Waals surface area contributed by atoms with Crippen LogP contribution in [0.4, 0.5) is 0 Å². The lowest BCUT2D eigenvalue weighted by molar-refractivity contribution is -0.00319. The van der Waals surface area contributed by atoms with Crippen molar-refractivity contribution < 1.29 is 9.84 Å². The Hall–Kier alpha value is -1.06. The van der Waals surface area contributed by atoms with Gasteiger partial charge in [0.25, 0.3) is 0 Å². The average Bonchev–Trinajstić information content (AvgIpc) is 2.43. The Morgan fingerprint density at radius 2 is 1.74 bits per heavy atom. The summed E-state index contributed by atoms with van der Waals surface area (Å²) in [6.07, 6.45) is 0. The van der Waals surface area contributed by atoms with Crippen molar-refractivity contribution in [3.63, 3.8) is 0 Å². The van der Waals surface area contributed by atoms with Crippen molar-refractivity contribution in [3.8, 4) is 0 Å². The number of halogens is 2. The van der Waals surface area contributed by atoms with E-state index in [1.165, 1.54) is 7.11 Å². The molecule has 2 aromatic carbocycles. The summed E-state index contributed by atoms with van der Waals surface area (Å²) in [5, 5.41) is 11.7. The van der Waals surface area contributed by atoms with E-state index in [0.29, 0.717) is 21.2 Å². The van der Waals surface area contributed by atoms with E-state index in [-0.39, 0.29) is 6.61 Å². The topological polar surface area (TPSA) is 29.5 Å². The van der Waals surface area contributed by atoms with Crippen molar-refractivity contribution in [2.75, 3.05) is 13.7 Å². The van der Waals surface area contributed by atoms with Crippen LogP contribution in [0.2, 0.25) is 10.0 Å². The van der Waals surface area contributed by atoms with E-state index in [2.05, 4.69) is 0 Å². The van der Waals surface area contributed by atoms with Crippen LogP contribution in [0, 0.1) is 0 Å². The van der Waals surface area contributed by atoms with E-state index in [1.807, 2.05) is 30.3 Å². The van der Waals surface area contributed by atoms with Gasteiger partial charge in [-0.25, -0.2) is 0 Å². The Labute approximate surface area is 122 Å². The molecule has 1 atom stereocenters. The summed E-state index contributed by atoms with van der Waals surface area (Å²) in [6, 6.07) is 14.4. The first kappa shape index (κ1) is 14.4. The fourth-order valence-corrected chi connectivity index (χ4v) is 2.52. The highest BCUT2D eigenvalue weighted by atomic mass is 35.5. The molecule has 19 heavy (non-hydrogen) atoms. The lowest BCUT2D eigenvalue weighted by Gasteiger charge is -2.29. The molecule has 0 heterocycles. The third-order valence-electron chi connectivity index (χ3n) is 3.00. The van der Waals surface area contributed by atoms with Gasteiger partial charge in [-0.3, -0.25) is 0 Å². The zero-order chi connectivity index (χ0) is 13.9. The number of benzene rings is 2. The van der Waals surface area contributed by atoms with Gasteiger partial charge in [-0.1, -0.05) is 65.7 Å². The van der Waals surface area contributed by atoms with Crippen LogP contribution in [0.5, 0.6) is 0 Å². The average molecular weight is 297 g/mol. The summed E-state index contributed by atoms with van der Waals surface area (Å²) < 4.78 is 5.16. The SMILES string of the molecule is COCC(O)(c1ccccc1)c1cccc(Cl)c1Cl. The number of methoxy groups -OCH3 is 1. The fourth-order valence-electron chi connectivity index (χ4n) is 2.06. The quantitative estimate of drug-likeness (QED) is 0.928. The van der Waals surface area contributed by atoms with Crippen molar-refractivity contribution in [3.05, 3.63) is 69.7 Å². The molecule has 0 amide bonds. The summed E-state index contributed by atoms with van der Waals surface area (Å²) in [5.74, 6) is 0. The summed E-state index contributed by atoms with van der Waals surface area (Å²) in [7, 11) is 1.53. The van der Waals surface area contributed by atoms with E-state index in [4.69, 9.17) is 27.9 Å². The molecule has 2 nitrogen and oxygen atoms in total. The van der Waals surface area contributed by atoms with Gasteiger partial charge in [-0.2, -0.15) is 0 Å². The second kappa shape index (κ2) is 5.93. The molecule has 1 N–H and O–H groups in total. The van der Waals surface area contributed by atoms with Gasteiger partial charge in [-0.15, -0.1) is 0 Å². The molecule has 4 heteroatoms. The molecule has 0 saturated heterocycles. The second-order valence-corrected chi connectivity index (χ2v) is 5.05. The van der Waals surface area contributed by atoms with Crippen LogP contribution < -0.4 is 0 Å². The van der Waals surface area contributed by atoms with Crippen molar-refractivity contribution in [2.24, 2.45) is 0 Å². The van der Waals surface area contributed by atoms with Crippen LogP contribution in [0.3, 0.4) is 0 Å². The lowest BCUT2D eigenvalue weighted by atomic mass is 9.87. The maximum absolute atomic E-state index is 11.0. The molecule has 0 spiro atoms. The fraction of sp³-hybridized carbons (Fsp3) is 0.200. The molecule has 0 saturated carbocycles. The van der Waals surface area contributed by atoms with E-state index >= 15 is 0 Å². The Balaban J connectivity index is 2.60. The summed E-state index contributed by atoms with van der Waals surface area (Å²) in [6.45, 7) is 0.0943. The number of ether oxygens (including phenoxy) is 1. The predicted octanol–water partition coefficient (Wildman–Crippen LogP) is 3.88. The highest BCUT2D eigenvalue weighted by Crippen LogP contribution is 2.37. The van der Waals surface area contributed by atoms with Gasteiger partial charge in [-0.05, 0) is 11.6 Å². The Kier molecular flexibility index (Phi) is 4.48. The molecule has 100 valence electrons. The van der Waals surface area contributed by atoms with Gasteiger partial charge in [0.05, 0.1) is 16.7 Å². The lowest BCUT2D eigenvalue weighted by Crippen LogP contribution is -2.33. The molecule has 0 aliphatic carbocycles. The molecule has 0 aliphatic rings. The summed E-state index contributed by atoms with van der Waals surface area (Å²) >= 11 is 12.2. The minimum atomic E-state index is -1.32. The monoisotopic (exact) mass is 296 g/mol. The van der Waals surface area contributed by atoms with E-state index in [1.54, 1.807) is 18.2 Å². The van der Waals surface area contributed by atoms with Crippen molar-refractivity contribution in [1.29, 1.82) is 0 Å². The van der Waals surface area contributed by atoms with Crippen molar-refractivity contribution in [2.45, 2.75) is 5.60 Å². The first-order valence-electron chi connectivity index (χ1n) is 5.81. The predicted molar refractivity (Wildman–Crippen MR) is 77.8 cm³/mol. The number of hydrogen-bond acceptors (Lipinski definition) is 2. The molecule has 0 bridgehead atoms. The maximum atomic E-state index is 11.0. The van der Waals surface area contributed by atoms with Gasteiger partial charge in [0.2, 0.25) is 0 Å². The van der Waals surface area contributed by atoms with Crippen LogP contribution >= 0.6 is 23.2 Å². The van der Waals surface area contributed by atoms with Crippen molar-refractivity contribution in [1.82, 2.24) is 0 Å². The molecule has 0 aromatic heterocycles. The number of aliphatic hydroxyl groups is 1. The van der Waals surface area contributed by atoms with Crippen LogP contribution in [-0.2, 0) is 10.3 Å². The number of rotatable bonds is 4. The molecule has 0 radical (unpaired) electrons. The highest BCUT2D eigenvalue weighted by Gasteiger charge is 2.34. The molecular weight excluding hydrogens is 283 g/mol. The first-order valence-corrected chi connectivity index (χ1v) is 6.56. The minimum Gasteiger partial charge on any atom is -0.381 e. The minimum absolute atomic E-state index is 0.0943. The molecule has 2 rings (SSSR count). The van der Waals surface area contributed by atoms with Gasteiger partial charge in [0.1, 0.15) is 5.60 Å². The third-order valence-corrected chi connectivity index (χ3v) is 3.82. The van der Waals surface area contributed by atoms with Crippen LogP contribution in [0.1, 0.15) is 11.1 Å². The van der Waals surface area contributed by atoms with E-state index in [9.17, 15) is 5.11 Å². The van der Waals surface area contributed by atoms with Crippen molar-refractivity contribution >= 4 is 23.2 Å². The number of hydrogen-bond donors (Lipinski definition) is 1. The Bertz CT molecular complexity index is 557. The van der Waals surface area contributed by atoms with Gasteiger partial charge in [0, 0.05) is 12.7 Å². The molecule has 0 fully saturated rings. The Morgan fingerprint density at radius 3 is 2.37 bits per heavy atom.